The molecule has 1 aromatic heterocycles. The quantitative estimate of drug-likeness (QED) is 0.476. The van der Waals surface area contributed by atoms with Crippen LogP contribution in [0.1, 0.15) is 5.56 Å². The van der Waals surface area contributed by atoms with Crippen LogP contribution in [-0.2, 0) is 0 Å². The highest BCUT2D eigenvalue weighted by Crippen LogP contribution is 2.25. The summed E-state index contributed by atoms with van der Waals surface area (Å²) in [7, 11) is 0. The van der Waals surface area contributed by atoms with Gasteiger partial charge in [-0.1, -0.05) is 24.3 Å². The first kappa shape index (κ1) is 14.3. The number of aromatic nitrogens is 1. The van der Waals surface area contributed by atoms with Gasteiger partial charge in [0.1, 0.15) is 11.3 Å². The summed E-state index contributed by atoms with van der Waals surface area (Å²) in [4.78, 5) is 8.86. The minimum atomic E-state index is -0.255. The third-order valence-electron chi connectivity index (χ3n) is 3.64. The van der Waals surface area contributed by atoms with Gasteiger partial charge >= 0.3 is 0 Å². The average Bonchev–Trinajstić information content (AvgIpc) is 3.06. The summed E-state index contributed by atoms with van der Waals surface area (Å²) in [5.74, 6) is 0.333. The smallest absolute Gasteiger partial charge is 0.227 e. The van der Waals surface area contributed by atoms with Crippen LogP contribution in [0.5, 0.6) is 0 Å². The molecule has 0 N–H and O–H groups in total. The molecule has 3 nitrogen and oxygen atoms in total. The number of halogens is 1. The molecular formula is C20H13FN2O. The summed E-state index contributed by atoms with van der Waals surface area (Å²) in [5, 5.41) is 0. The highest BCUT2D eigenvalue weighted by Gasteiger charge is 2.07. The maximum absolute atomic E-state index is 12.9. The first-order valence-electron chi connectivity index (χ1n) is 7.54. The van der Waals surface area contributed by atoms with Crippen LogP contribution in [0.2, 0.25) is 0 Å². The topological polar surface area (TPSA) is 38.4 Å². The molecule has 0 radical (unpaired) electrons. The Labute approximate surface area is 138 Å². The molecule has 0 spiro atoms. The van der Waals surface area contributed by atoms with E-state index in [0.29, 0.717) is 5.89 Å². The molecule has 0 unspecified atom stereocenters. The molecule has 0 saturated carbocycles. The van der Waals surface area contributed by atoms with E-state index in [2.05, 4.69) is 9.98 Å². The normalized spacial score (nSPS) is 11.4. The number of hydrogen-bond acceptors (Lipinski definition) is 3. The van der Waals surface area contributed by atoms with Crippen LogP contribution < -0.4 is 0 Å². The van der Waals surface area contributed by atoms with Crippen molar-refractivity contribution in [3.05, 3.63) is 84.2 Å². The van der Waals surface area contributed by atoms with E-state index in [0.717, 1.165) is 27.9 Å². The van der Waals surface area contributed by atoms with Gasteiger partial charge in [-0.15, -0.1) is 0 Å². The standard InChI is InChI=1S/C20H13FN2O/c21-16-9-5-14(6-10-16)13-22-17-11-7-15(8-12-17)20-23-18-3-1-2-4-19(18)24-20/h1-13H. The van der Waals surface area contributed by atoms with Crippen molar-refractivity contribution in [1.82, 2.24) is 4.98 Å². The van der Waals surface area contributed by atoms with Crippen LogP contribution in [0.25, 0.3) is 22.6 Å². The second kappa shape index (κ2) is 6.08. The van der Waals surface area contributed by atoms with Gasteiger partial charge in [-0.25, -0.2) is 9.37 Å². The molecule has 116 valence electrons. The summed E-state index contributed by atoms with van der Waals surface area (Å²) in [6, 6.07) is 21.5. The van der Waals surface area contributed by atoms with Gasteiger partial charge in [0, 0.05) is 11.8 Å². The van der Waals surface area contributed by atoms with Crippen molar-refractivity contribution >= 4 is 23.0 Å². The fourth-order valence-corrected chi connectivity index (χ4v) is 2.38. The van der Waals surface area contributed by atoms with Crippen LogP contribution in [0.15, 0.2) is 82.2 Å². The predicted octanol–water partition coefficient (Wildman–Crippen LogP) is 5.38. The van der Waals surface area contributed by atoms with Crippen LogP contribution >= 0.6 is 0 Å². The van der Waals surface area contributed by atoms with E-state index in [9.17, 15) is 4.39 Å². The molecule has 4 rings (SSSR count). The minimum Gasteiger partial charge on any atom is -0.436 e. The second-order valence-corrected chi connectivity index (χ2v) is 5.34. The van der Waals surface area contributed by atoms with Gasteiger partial charge in [-0.05, 0) is 54.1 Å². The predicted molar refractivity (Wildman–Crippen MR) is 93.1 cm³/mol. The Morgan fingerprint density at radius 1 is 0.875 bits per heavy atom. The highest BCUT2D eigenvalue weighted by atomic mass is 19.1. The monoisotopic (exact) mass is 316 g/mol. The summed E-state index contributed by atoms with van der Waals surface area (Å²) >= 11 is 0. The van der Waals surface area contributed by atoms with E-state index in [-0.39, 0.29) is 5.82 Å². The summed E-state index contributed by atoms with van der Waals surface area (Å²) < 4.78 is 18.6. The van der Waals surface area contributed by atoms with E-state index in [1.54, 1.807) is 18.3 Å². The van der Waals surface area contributed by atoms with Gasteiger partial charge in [-0.2, -0.15) is 0 Å². The Bertz CT molecular complexity index is 969. The summed E-state index contributed by atoms with van der Waals surface area (Å²) in [5.41, 5.74) is 4.15. The number of para-hydroxylation sites is 2. The molecule has 0 saturated heterocycles. The lowest BCUT2D eigenvalue weighted by Crippen LogP contribution is -1.81. The van der Waals surface area contributed by atoms with Gasteiger partial charge in [0.15, 0.2) is 5.58 Å². The third kappa shape index (κ3) is 2.94. The Morgan fingerprint density at radius 2 is 1.62 bits per heavy atom. The molecule has 24 heavy (non-hydrogen) atoms. The van der Waals surface area contributed by atoms with E-state index >= 15 is 0 Å². The molecule has 4 heteroatoms. The molecule has 0 fully saturated rings. The fraction of sp³-hybridized carbons (Fsp3) is 0. The molecule has 4 aromatic rings. The summed E-state index contributed by atoms with van der Waals surface area (Å²) in [6.07, 6.45) is 1.70. The zero-order chi connectivity index (χ0) is 16.4. The van der Waals surface area contributed by atoms with Crippen LogP contribution in [0.4, 0.5) is 10.1 Å². The molecule has 0 atom stereocenters. The third-order valence-corrected chi connectivity index (χ3v) is 3.64. The van der Waals surface area contributed by atoms with Crippen LogP contribution in [0.3, 0.4) is 0 Å². The zero-order valence-electron chi connectivity index (χ0n) is 12.7. The number of aliphatic imine (C=N–C) groups is 1. The molecule has 0 aliphatic rings. The van der Waals surface area contributed by atoms with E-state index in [1.807, 2.05) is 48.5 Å². The van der Waals surface area contributed by atoms with Crippen molar-refractivity contribution in [2.75, 3.05) is 0 Å². The lowest BCUT2D eigenvalue weighted by atomic mass is 10.2. The molecule has 0 bridgehead atoms. The fourth-order valence-electron chi connectivity index (χ4n) is 2.38. The van der Waals surface area contributed by atoms with Crippen molar-refractivity contribution in [3.63, 3.8) is 0 Å². The first-order valence-corrected chi connectivity index (χ1v) is 7.54. The minimum absolute atomic E-state index is 0.255. The highest BCUT2D eigenvalue weighted by molar-refractivity contribution is 5.82. The maximum atomic E-state index is 12.9. The van der Waals surface area contributed by atoms with E-state index in [1.165, 1.54) is 12.1 Å². The van der Waals surface area contributed by atoms with Crippen molar-refractivity contribution in [1.29, 1.82) is 0 Å². The Hall–Kier alpha value is -3.27. The SMILES string of the molecule is Fc1ccc(C=Nc2ccc(-c3nc4ccccc4o3)cc2)cc1. The molecule has 0 amide bonds. The van der Waals surface area contributed by atoms with Gasteiger partial charge in [0.2, 0.25) is 5.89 Å². The van der Waals surface area contributed by atoms with Crippen LogP contribution in [-0.4, -0.2) is 11.2 Å². The first-order chi connectivity index (χ1) is 11.8. The maximum Gasteiger partial charge on any atom is 0.227 e. The van der Waals surface area contributed by atoms with Gasteiger partial charge in [0.25, 0.3) is 0 Å². The Kier molecular flexibility index (Phi) is 3.63. The summed E-state index contributed by atoms with van der Waals surface area (Å²) in [6.45, 7) is 0. The Morgan fingerprint density at radius 3 is 2.38 bits per heavy atom. The molecule has 3 aromatic carbocycles. The van der Waals surface area contributed by atoms with Crippen molar-refractivity contribution < 1.29 is 8.81 Å². The number of benzene rings is 3. The molecular weight excluding hydrogens is 303 g/mol. The van der Waals surface area contributed by atoms with E-state index in [4.69, 9.17) is 4.42 Å². The zero-order valence-corrected chi connectivity index (χ0v) is 12.7. The molecule has 0 aliphatic carbocycles. The lowest BCUT2D eigenvalue weighted by molar-refractivity contribution is 0.620. The van der Waals surface area contributed by atoms with Crippen molar-refractivity contribution in [2.45, 2.75) is 0 Å². The van der Waals surface area contributed by atoms with Gasteiger partial charge < -0.3 is 4.42 Å². The number of rotatable bonds is 3. The average molecular weight is 316 g/mol. The lowest BCUT2D eigenvalue weighted by Gasteiger charge is -1.97. The van der Waals surface area contributed by atoms with E-state index < -0.39 is 0 Å². The van der Waals surface area contributed by atoms with Crippen LogP contribution in [0, 0.1) is 5.82 Å². The van der Waals surface area contributed by atoms with Crippen molar-refractivity contribution in [3.8, 4) is 11.5 Å². The number of hydrogen-bond donors (Lipinski definition) is 0. The Balaban J connectivity index is 1.57. The number of fused-ring (bicyclic) bond motifs is 1. The van der Waals surface area contributed by atoms with Gasteiger partial charge in [0.05, 0.1) is 5.69 Å². The number of nitrogens with zero attached hydrogens (tertiary/aromatic N) is 2. The van der Waals surface area contributed by atoms with Gasteiger partial charge in [-0.3, -0.25) is 4.99 Å². The number of oxazole rings is 1. The van der Waals surface area contributed by atoms with Crippen molar-refractivity contribution in [2.24, 2.45) is 4.99 Å². The molecule has 1 heterocycles. The largest absolute Gasteiger partial charge is 0.436 e. The molecule has 0 aliphatic heterocycles. The second-order valence-electron chi connectivity index (χ2n) is 5.34.